The summed E-state index contributed by atoms with van der Waals surface area (Å²) in [6.07, 6.45) is 0.282. The van der Waals surface area contributed by atoms with E-state index in [9.17, 15) is 9.59 Å². The van der Waals surface area contributed by atoms with Crippen LogP contribution in [0.2, 0.25) is 0 Å². The van der Waals surface area contributed by atoms with Gasteiger partial charge >= 0.3 is 0 Å². The van der Waals surface area contributed by atoms with E-state index in [0.717, 1.165) is 27.7 Å². The first-order chi connectivity index (χ1) is 14.8. The van der Waals surface area contributed by atoms with Crippen LogP contribution in [0.4, 0.5) is 0 Å². The van der Waals surface area contributed by atoms with Gasteiger partial charge in [0, 0.05) is 32.4 Å². The van der Waals surface area contributed by atoms with E-state index in [-0.39, 0.29) is 24.3 Å². The lowest BCUT2D eigenvalue weighted by Gasteiger charge is -2.38. The molecular weight excluding hydrogens is 408 g/mol. The number of hydrogen-bond acceptors (Lipinski definition) is 5. The molecular formula is C24H32N4O2S. The average Bonchev–Trinajstić information content (AvgIpc) is 3.15. The number of aliphatic imine (C=N–C) groups is 1. The van der Waals surface area contributed by atoms with Crippen molar-refractivity contribution in [2.75, 3.05) is 26.7 Å². The van der Waals surface area contributed by atoms with Crippen molar-refractivity contribution in [2.24, 2.45) is 4.99 Å². The molecule has 1 atom stereocenters. The Balaban J connectivity index is 2.08. The third-order valence-electron chi connectivity index (χ3n) is 5.91. The van der Waals surface area contributed by atoms with Crippen molar-refractivity contribution in [1.29, 1.82) is 0 Å². The van der Waals surface area contributed by atoms with E-state index in [0.29, 0.717) is 25.2 Å². The summed E-state index contributed by atoms with van der Waals surface area (Å²) in [4.78, 5) is 36.7. The molecule has 7 heteroatoms. The highest BCUT2D eigenvalue weighted by Gasteiger charge is 2.41. The van der Waals surface area contributed by atoms with Crippen LogP contribution in [0.25, 0.3) is 0 Å². The predicted octanol–water partition coefficient (Wildman–Crippen LogP) is 4.31. The van der Waals surface area contributed by atoms with Crippen molar-refractivity contribution < 1.29 is 9.59 Å². The van der Waals surface area contributed by atoms with Gasteiger partial charge in [-0.25, -0.2) is 4.99 Å². The number of nitrogens with zero attached hydrogens (tertiary/aromatic N) is 4. The Kier molecular flexibility index (Phi) is 7.26. The number of aryl methyl sites for hydroxylation is 1. The van der Waals surface area contributed by atoms with E-state index in [1.807, 2.05) is 45.1 Å². The standard InChI is InChI=1S/C24H32N4O2S/c1-7-26(6)20(29)14-19-15-31-24-25-17(5)21(23(30)27(8-2)9-3)22(28(19)24)18-12-10-16(4)11-13-18/h10-13,15,22H,7-9,14H2,1-6H3. The molecule has 2 amide bonds. The second kappa shape index (κ2) is 9.73. The van der Waals surface area contributed by atoms with Crippen LogP contribution in [0.1, 0.15) is 51.3 Å². The van der Waals surface area contributed by atoms with Gasteiger partial charge in [0.1, 0.15) is 0 Å². The first-order valence-electron chi connectivity index (χ1n) is 10.9. The Hall–Kier alpha value is -2.54. The van der Waals surface area contributed by atoms with Crippen molar-refractivity contribution in [3.05, 3.63) is 57.8 Å². The van der Waals surface area contributed by atoms with Gasteiger partial charge in [0.2, 0.25) is 5.91 Å². The Morgan fingerprint density at radius 1 is 1.06 bits per heavy atom. The molecule has 2 heterocycles. The van der Waals surface area contributed by atoms with Gasteiger partial charge in [0.15, 0.2) is 5.17 Å². The number of amides is 2. The Morgan fingerprint density at radius 3 is 2.29 bits per heavy atom. The minimum Gasteiger partial charge on any atom is -0.346 e. The first-order valence-corrected chi connectivity index (χ1v) is 11.7. The SMILES string of the molecule is CCN(C)C(=O)CC1=CSC2=NC(C)=C(C(=O)N(CC)CC)C(c3ccc(C)cc3)N12. The van der Waals surface area contributed by atoms with Gasteiger partial charge in [0.25, 0.3) is 5.91 Å². The zero-order chi connectivity index (χ0) is 22.7. The number of likely N-dealkylation sites (N-methyl/N-ethyl adjacent to an activating group) is 1. The molecule has 2 aliphatic heterocycles. The van der Waals surface area contributed by atoms with Crippen molar-refractivity contribution in [3.63, 3.8) is 0 Å². The van der Waals surface area contributed by atoms with Crippen LogP contribution < -0.4 is 0 Å². The number of carbonyl (C=O) groups is 2. The van der Waals surface area contributed by atoms with E-state index >= 15 is 0 Å². The summed E-state index contributed by atoms with van der Waals surface area (Å²) in [5, 5.41) is 2.82. The van der Waals surface area contributed by atoms with E-state index in [1.54, 1.807) is 4.90 Å². The monoisotopic (exact) mass is 440 g/mol. The Morgan fingerprint density at radius 2 is 1.71 bits per heavy atom. The maximum absolute atomic E-state index is 13.6. The quantitative estimate of drug-likeness (QED) is 0.634. The van der Waals surface area contributed by atoms with E-state index in [1.165, 1.54) is 11.8 Å². The maximum atomic E-state index is 13.6. The molecule has 31 heavy (non-hydrogen) atoms. The van der Waals surface area contributed by atoms with Crippen LogP contribution in [0.5, 0.6) is 0 Å². The van der Waals surface area contributed by atoms with Crippen LogP contribution in [0, 0.1) is 6.92 Å². The molecule has 0 N–H and O–H groups in total. The van der Waals surface area contributed by atoms with Gasteiger partial charge in [0.05, 0.1) is 23.7 Å². The highest BCUT2D eigenvalue weighted by Crippen LogP contribution is 2.45. The number of fused-ring (bicyclic) bond motifs is 1. The molecule has 3 rings (SSSR count). The molecule has 0 saturated heterocycles. The molecule has 0 aliphatic carbocycles. The van der Waals surface area contributed by atoms with Crippen LogP contribution in [0.3, 0.4) is 0 Å². The second-order valence-corrected chi connectivity index (χ2v) is 8.70. The van der Waals surface area contributed by atoms with Gasteiger partial charge < -0.3 is 14.7 Å². The Bertz CT molecular complexity index is 945. The van der Waals surface area contributed by atoms with Crippen LogP contribution >= 0.6 is 11.8 Å². The molecule has 0 saturated carbocycles. The fraction of sp³-hybridized carbons (Fsp3) is 0.458. The number of amidine groups is 1. The molecule has 2 aliphatic rings. The summed E-state index contributed by atoms with van der Waals surface area (Å²) in [6, 6.07) is 7.98. The summed E-state index contributed by atoms with van der Waals surface area (Å²) in [6.45, 7) is 11.9. The molecule has 1 aromatic carbocycles. The summed E-state index contributed by atoms with van der Waals surface area (Å²) >= 11 is 1.52. The molecule has 1 aromatic rings. The van der Waals surface area contributed by atoms with Gasteiger partial charge in [-0.05, 0) is 45.6 Å². The van der Waals surface area contributed by atoms with Gasteiger partial charge in [-0.2, -0.15) is 0 Å². The topological polar surface area (TPSA) is 56.2 Å². The predicted molar refractivity (Wildman–Crippen MR) is 127 cm³/mol. The molecule has 0 radical (unpaired) electrons. The maximum Gasteiger partial charge on any atom is 0.254 e. The lowest BCUT2D eigenvalue weighted by molar-refractivity contribution is -0.129. The highest BCUT2D eigenvalue weighted by molar-refractivity contribution is 8.16. The van der Waals surface area contributed by atoms with Crippen molar-refractivity contribution in [1.82, 2.24) is 14.7 Å². The van der Waals surface area contributed by atoms with Crippen LogP contribution in [-0.4, -0.2) is 58.4 Å². The van der Waals surface area contributed by atoms with Crippen molar-refractivity contribution >= 4 is 28.7 Å². The van der Waals surface area contributed by atoms with Gasteiger partial charge in [-0.3, -0.25) is 9.59 Å². The minimum absolute atomic E-state index is 0.00382. The molecule has 0 aromatic heterocycles. The molecule has 0 fully saturated rings. The van der Waals surface area contributed by atoms with E-state index in [4.69, 9.17) is 4.99 Å². The minimum atomic E-state index is -0.304. The summed E-state index contributed by atoms with van der Waals surface area (Å²) < 4.78 is 0. The molecule has 166 valence electrons. The summed E-state index contributed by atoms with van der Waals surface area (Å²) in [7, 11) is 1.81. The number of rotatable bonds is 7. The zero-order valence-electron chi connectivity index (χ0n) is 19.3. The molecule has 0 spiro atoms. The van der Waals surface area contributed by atoms with Gasteiger partial charge in [-0.1, -0.05) is 41.6 Å². The number of carbonyl (C=O) groups excluding carboxylic acids is 2. The lowest BCUT2D eigenvalue weighted by atomic mass is 9.92. The van der Waals surface area contributed by atoms with Crippen molar-refractivity contribution in [3.8, 4) is 0 Å². The van der Waals surface area contributed by atoms with E-state index in [2.05, 4.69) is 36.1 Å². The smallest absolute Gasteiger partial charge is 0.254 e. The fourth-order valence-electron chi connectivity index (χ4n) is 3.85. The summed E-state index contributed by atoms with van der Waals surface area (Å²) in [5.41, 5.74) is 4.50. The normalized spacial score (nSPS) is 17.9. The largest absolute Gasteiger partial charge is 0.346 e. The second-order valence-electron chi connectivity index (χ2n) is 7.87. The number of benzene rings is 1. The van der Waals surface area contributed by atoms with Gasteiger partial charge in [-0.15, -0.1) is 0 Å². The highest BCUT2D eigenvalue weighted by atomic mass is 32.2. The van der Waals surface area contributed by atoms with Crippen molar-refractivity contribution in [2.45, 2.75) is 47.1 Å². The molecule has 1 unspecified atom stereocenters. The number of allylic oxidation sites excluding steroid dienone is 1. The zero-order valence-corrected chi connectivity index (χ0v) is 20.1. The summed E-state index contributed by atoms with van der Waals surface area (Å²) in [5.74, 6) is 0.0604. The average molecular weight is 441 g/mol. The third kappa shape index (κ3) is 4.56. The molecule has 6 nitrogen and oxygen atoms in total. The Labute approximate surface area is 189 Å². The lowest BCUT2D eigenvalue weighted by Crippen LogP contribution is -2.42. The van der Waals surface area contributed by atoms with E-state index < -0.39 is 0 Å². The van der Waals surface area contributed by atoms with Crippen LogP contribution in [-0.2, 0) is 9.59 Å². The van der Waals surface area contributed by atoms with Crippen LogP contribution in [0.15, 0.2) is 51.6 Å². The number of hydrogen-bond donors (Lipinski definition) is 0. The fourth-order valence-corrected chi connectivity index (χ4v) is 4.82. The number of thioether (sulfide) groups is 1. The first kappa shape index (κ1) is 23.1. The molecule has 0 bridgehead atoms. The third-order valence-corrected chi connectivity index (χ3v) is 6.80.